The fraction of sp³-hybridized carbons (Fsp3) is 0.125. The molecule has 0 aliphatic carbocycles. The Bertz CT molecular complexity index is 816. The standard InChI is InChI=1S/C16H11Cl2N3O3/c1-9(15(22)21-14-13(18)6-12(17)8-20-14)24-16(23)11-4-2-10(7-19)3-5-11/h2-6,8-9H,1H3,(H,20,21,22). The van der Waals surface area contributed by atoms with Crippen molar-refractivity contribution in [2.24, 2.45) is 0 Å². The minimum Gasteiger partial charge on any atom is -0.449 e. The van der Waals surface area contributed by atoms with Crippen LogP contribution in [-0.4, -0.2) is 23.0 Å². The number of nitriles is 1. The molecule has 2 rings (SSSR count). The highest BCUT2D eigenvalue weighted by Gasteiger charge is 2.20. The van der Waals surface area contributed by atoms with Crippen LogP contribution in [0.4, 0.5) is 5.82 Å². The number of benzene rings is 1. The molecule has 24 heavy (non-hydrogen) atoms. The average molecular weight is 364 g/mol. The summed E-state index contributed by atoms with van der Waals surface area (Å²) < 4.78 is 5.08. The number of hydrogen-bond donors (Lipinski definition) is 1. The number of pyridine rings is 1. The molecule has 6 nitrogen and oxygen atoms in total. The summed E-state index contributed by atoms with van der Waals surface area (Å²) in [5.74, 6) is -1.15. The Balaban J connectivity index is 2.00. The van der Waals surface area contributed by atoms with E-state index in [2.05, 4.69) is 10.3 Å². The first kappa shape index (κ1) is 17.7. The lowest BCUT2D eigenvalue weighted by Crippen LogP contribution is -2.30. The summed E-state index contributed by atoms with van der Waals surface area (Å²) in [6.45, 7) is 1.42. The van der Waals surface area contributed by atoms with Crippen LogP contribution in [-0.2, 0) is 9.53 Å². The molecule has 0 aliphatic rings. The smallest absolute Gasteiger partial charge is 0.338 e. The number of halogens is 2. The summed E-state index contributed by atoms with van der Waals surface area (Å²) in [6.07, 6.45) is 0.262. The average Bonchev–Trinajstić information content (AvgIpc) is 2.57. The molecule has 1 amide bonds. The third kappa shape index (κ3) is 4.44. The van der Waals surface area contributed by atoms with Gasteiger partial charge in [-0.15, -0.1) is 0 Å². The highest BCUT2D eigenvalue weighted by Crippen LogP contribution is 2.22. The third-order valence-electron chi connectivity index (χ3n) is 2.95. The number of anilines is 1. The molecule has 1 aromatic carbocycles. The van der Waals surface area contributed by atoms with E-state index in [4.69, 9.17) is 33.2 Å². The number of aromatic nitrogens is 1. The first-order valence-corrected chi connectivity index (χ1v) is 7.49. The van der Waals surface area contributed by atoms with Crippen LogP contribution in [0, 0.1) is 11.3 Å². The van der Waals surface area contributed by atoms with Crippen LogP contribution in [0.25, 0.3) is 0 Å². The molecule has 122 valence electrons. The maximum absolute atomic E-state index is 12.1. The van der Waals surface area contributed by atoms with Crippen molar-refractivity contribution in [2.45, 2.75) is 13.0 Å². The SMILES string of the molecule is CC(OC(=O)c1ccc(C#N)cc1)C(=O)Nc1ncc(Cl)cc1Cl. The van der Waals surface area contributed by atoms with Gasteiger partial charge in [0.15, 0.2) is 11.9 Å². The van der Waals surface area contributed by atoms with Gasteiger partial charge >= 0.3 is 5.97 Å². The predicted molar refractivity (Wildman–Crippen MR) is 88.9 cm³/mol. The van der Waals surface area contributed by atoms with E-state index < -0.39 is 18.0 Å². The summed E-state index contributed by atoms with van der Waals surface area (Å²) in [4.78, 5) is 27.9. The van der Waals surface area contributed by atoms with Crippen LogP contribution in [0.1, 0.15) is 22.8 Å². The van der Waals surface area contributed by atoms with E-state index in [0.717, 1.165) is 0 Å². The summed E-state index contributed by atoms with van der Waals surface area (Å²) in [7, 11) is 0. The molecule has 8 heteroatoms. The zero-order valence-electron chi connectivity index (χ0n) is 12.4. The maximum atomic E-state index is 12.1. The van der Waals surface area contributed by atoms with Crippen molar-refractivity contribution in [3.8, 4) is 6.07 Å². The van der Waals surface area contributed by atoms with Gasteiger partial charge in [-0.1, -0.05) is 23.2 Å². The Hall–Kier alpha value is -2.62. The second-order valence-electron chi connectivity index (χ2n) is 4.71. The van der Waals surface area contributed by atoms with Crippen molar-refractivity contribution >= 4 is 40.9 Å². The molecule has 0 radical (unpaired) electrons. The number of esters is 1. The molecule has 0 saturated heterocycles. The fourth-order valence-electron chi connectivity index (χ4n) is 1.69. The van der Waals surface area contributed by atoms with E-state index in [1.165, 1.54) is 43.5 Å². The number of rotatable bonds is 4. The zero-order chi connectivity index (χ0) is 17.7. The number of nitrogens with zero attached hydrogens (tertiary/aromatic N) is 2. The Morgan fingerprint density at radius 3 is 2.54 bits per heavy atom. The van der Waals surface area contributed by atoms with Crippen LogP contribution in [0.5, 0.6) is 0 Å². The summed E-state index contributed by atoms with van der Waals surface area (Å²) in [6, 6.07) is 9.24. The monoisotopic (exact) mass is 363 g/mol. The molecule has 1 unspecified atom stereocenters. The molecular weight excluding hydrogens is 353 g/mol. The second-order valence-corrected chi connectivity index (χ2v) is 5.55. The van der Waals surface area contributed by atoms with Crippen LogP contribution in [0.15, 0.2) is 36.5 Å². The number of hydrogen-bond acceptors (Lipinski definition) is 5. The van der Waals surface area contributed by atoms with Gasteiger partial charge in [0.1, 0.15) is 0 Å². The number of amides is 1. The van der Waals surface area contributed by atoms with Gasteiger partial charge in [-0.3, -0.25) is 4.79 Å². The Morgan fingerprint density at radius 2 is 1.96 bits per heavy atom. The summed E-state index contributed by atoms with van der Waals surface area (Å²) >= 11 is 11.6. The van der Waals surface area contributed by atoms with Gasteiger partial charge in [-0.25, -0.2) is 9.78 Å². The minimum absolute atomic E-state index is 0.118. The molecule has 1 atom stereocenters. The Morgan fingerprint density at radius 1 is 1.29 bits per heavy atom. The lowest BCUT2D eigenvalue weighted by molar-refractivity contribution is -0.123. The van der Waals surface area contributed by atoms with E-state index in [9.17, 15) is 9.59 Å². The van der Waals surface area contributed by atoms with Gasteiger partial charge in [0.05, 0.1) is 27.2 Å². The van der Waals surface area contributed by atoms with Crippen molar-refractivity contribution in [1.29, 1.82) is 5.26 Å². The van der Waals surface area contributed by atoms with E-state index in [0.29, 0.717) is 10.6 Å². The highest BCUT2D eigenvalue weighted by atomic mass is 35.5. The molecule has 1 heterocycles. The molecule has 1 aromatic heterocycles. The predicted octanol–water partition coefficient (Wildman–Crippen LogP) is 3.44. The van der Waals surface area contributed by atoms with E-state index in [-0.39, 0.29) is 16.4 Å². The van der Waals surface area contributed by atoms with Gasteiger partial charge in [0.25, 0.3) is 5.91 Å². The van der Waals surface area contributed by atoms with E-state index in [1.54, 1.807) is 0 Å². The lowest BCUT2D eigenvalue weighted by Gasteiger charge is -2.13. The van der Waals surface area contributed by atoms with Gasteiger partial charge in [-0.2, -0.15) is 5.26 Å². The fourth-order valence-corrected chi connectivity index (χ4v) is 2.12. The second kappa shape index (κ2) is 7.77. The van der Waals surface area contributed by atoms with Crippen LogP contribution in [0.2, 0.25) is 10.0 Å². The summed E-state index contributed by atoms with van der Waals surface area (Å²) in [5.41, 5.74) is 0.650. The van der Waals surface area contributed by atoms with Crippen LogP contribution in [0.3, 0.4) is 0 Å². The van der Waals surface area contributed by atoms with E-state index in [1.807, 2.05) is 6.07 Å². The molecule has 0 bridgehead atoms. The van der Waals surface area contributed by atoms with Gasteiger partial charge < -0.3 is 10.1 Å². The number of nitrogens with one attached hydrogen (secondary N) is 1. The van der Waals surface area contributed by atoms with Crippen LogP contribution >= 0.6 is 23.2 Å². The van der Waals surface area contributed by atoms with Crippen molar-refractivity contribution in [3.05, 3.63) is 57.7 Å². The van der Waals surface area contributed by atoms with Crippen LogP contribution < -0.4 is 5.32 Å². The first-order valence-electron chi connectivity index (χ1n) is 6.73. The molecule has 0 spiro atoms. The minimum atomic E-state index is -1.07. The molecule has 0 fully saturated rings. The Labute approximate surface area is 148 Å². The number of ether oxygens (including phenoxy) is 1. The summed E-state index contributed by atoms with van der Waals surface area (Å²) in [5, 5.41) is 11.7. The number of carbonyl (C=O) groups is 2. The maximum Gasteiger partial charge on any atom is 0.338 e. The first-order chi connectivity index (χ1) is 11.4. The van der Waals surface area contributed by atoms with Crippen molar-refractivity contribution in [2.75, 3.05) is 5.32 Å². The largest absolute Gasteiger partial charge is 0.449 e. The van der Waals surface area contributed by atoms with Gasteiger partial charge in [0, 0.05) is 6.20 Å². The number of carbonyl (C=O) groups excluding carboxylic acids is 2. The molecule has 1 N–H and O–H groups in total. The van der Waals surface area contributed by atoms with Crippen molar-refractivity contribution in [1.82, 2.24) is 4.98 Å². The lowest BCUT2D eigenvalue weighted by atomic mass is 10.1. The zero-order valence-corrected chi connectivity index (χ0v) is 13.9. The van der Waals surface area contributed by atoms with Crippen molar-refractivity contribution < 1.29 is 14.3 Å². The molecule has 0 saturated carbocycles. The van der Waals surface area contributed by atoms with Crippen molar-refractivity contribution in [3.63, 3.8) is 0 Å². The highest BCUT2D eigenvalue weighted by molar-refractivity contribution is 6.36. The normalized spacial score (nSPS) is 11.2. The molecule has 0 aliphatic heterocycles. The van der Waals surface area contributed by atoms with Gasteiger partial charge in [0.2, 0.25) is 0 Å². The van der Waals surface area contributed by atoms with E-state index >= 15 is 0 Å². The molecule has 2 aromatic rings. The molecular formula is C16H11Cl2N3O3. The van der Waals surface area contributed by atoms with Gasteiger partial charge in [-0.05, 0) is 37.3 Å². The third-order valence-corrected chi connectivity index (χ3v) is 3.45. The quantitative estimate of drug-likeness (QED) is 0.839. The topological polar surface area (TPSA) is 92.1 Å². The Kier molecular flexibility index (Phi) is 5.74.